The molecule has 3 aromatic rings. The number of rotatable bonds is 7. The molecule has 2 N–H and O–H groups in total. The van der Waals surface area contributed by atoms with Gasteiger partial charge in [-0.3, -0.25) is 4.79 Å². The second kappa shape index (κ2) is 9.08. The van der Waals surface area contributed by atoms with Crippen LogP contribution in [0.15, 0.2) is 78.9 Å². The highest BCUT2D eigenvalue weighted by molar-refractivity contribution is 6.30. The summed E-state index contributed by atoms with van der Waals surface area (Å²) in [5.41, 5.74) is 5.20. The maximum Gasteiger partial charge on any atom is 0.248 e. The number of hydrogen-bond donors (Lipinski definition) is 2. The number of hydrogen-bond acceptors (Lipinski definition) is 2. The first-order valence-corrected chi connectivity index (χ1v) is 10.2. The number of halogens is 1. The van der Waals surface area contributed by atoms with Crippen LogP contribution in [0.5, 0.6) is 0 Å². The van der Waals surface area contributed by atoms with Gasteiger partial charge in [0, 0.05) is 29.4 Å². The Kier molecular flexibility index (Phi) is 6.09. The Morgan fingerprint density at radius 1 is 0.897 bits per heavy atom. The summed E-state index contributed by atoms with van der Waals surface area (Å²) in [6.45, 7) is 0.904. The van der Waals surface area contributed by atoms with Gasteiger partial charge in [-0.15, -0.1) is 0 Å². The summed E-state index contributed by atoms with van der Waals surface area (Å²) in [6.07, 6.45) is 5.97. The fourth-order valence-corrected chi connectivity index (χ4v) is 3.17. The van der Waals surface area contributed by atoms with Crippen LogP contribution in [0.1, 0.15) is 24.0 Å². The van der Waals surface area contributed by atoms with E-state index in [-0.39, 0.29) is 5.91 Å². The molecule has 4 heteroatoms. The van der Waals surface area contributed by atoms with E-state index in [4.69, 9.17) is 11.6 Å². The largest absolute Gasteiger partial charge is 0.323 e. The van der Waals surface area contributed by atoms with Gasteiger partial charge in [0.25, 0.3) is 0 Å². The average Bonchev–Trinajstić information content (AvgIpc) is 3.57. The standard InChI is InChI=1S/C25H23ClN2O/c26-22-10-6-20(7-11-22)21-8-12-24(13-9-21)28-25(29)16-5-18-1-3-19(4-2-18)17-27-23-14-15-23/h1-13,16,23,27H,14-15,17H2,(H,28,29). The molecule has 0 spiro atoms. The molecule has 0 aromatic heterocycles. The zero-order chi connectivity index (χ0) is 20.1. The summed E-state index contributed by atoms with van der Waals surface area (Å²) < 4.78 is 0. The molecule has 0 bridgehead atoms. The van der Waals surface area contributed by atoms with Gasteiger partial charge in [0.05, 0.1) is 0 Å². The van der Waals surface area contributed by atoms with Gasteiger partial charge in [0.2, 0.25) is 5.91 Å². The molecule has 0 atom stereocenters. The Bertz CT molecular complexity index is 989. The number of amides is 1. The molecule has 1 aliphatic rings. The van der Waals surface area contributed by atoms with Crippen molar-refractivity contribution < 1.29 is 4.79 Å². The zero-order valence-corrected chi connectivity index (χ0v) is 16.8. The van der Waals surface area contributed by atoms with Crippen LogP contribution < -0.4 is 10.6 Å². The molecule has 0 saturated heterocycles. The van der Waals surface area contributed by atoms with Gasteiger partial charge in [-0.05, 0) is 65.4 Å². The number of carbonyl (C=O) groups excluding carboxylic acids is 1. The van der Waals surface area contributed by atoms with Crippen molar-refractivity contribution in [3.63, 3.8) is 0 Å². The van der Waals surface area contributed by atoms with E-state index in [9.17, 15) is 4.79 Å². The highest BCUT2D eigenvalue weighted by atomic mass is 35.5. The van der Waals surface area contributed by atoms with Gasteiger partial charge in [-0.1, -0.05) is 60.1 Å². The first kappa shape index (κ1) is 19.4. The molecule has 0 unspecified atom stereocenters. The molecule has 0 heterocycles. The highest BCUT2D eigenvalue weighted by Crippen LogP contribution is 2.23. The van der Waals surface area contributed by atoms with E-state index in [1.807, 2.05) is 66.7 Å². The van der Waals surface area contributed by atoms with Crippen molar-refractivity contribution in [1.82, 2.24) is 5.32 Å². The molecular weight excluding hydrogens is 380 g/mol. The lowest BCUT2D eigenvalue weighted by Gasteiger charge is -2.06. The minimum atomic E-state index is -0.149. The molecule has 1 amide bonds. The van der Waals surface area contributed by atoms with Gasteiger partial charge in [0.1, 0.15) is 0 Å². The maximum absolute atomic E-state index is 12.2. The molecule has 1 fully saturated rings. The summed E-state index contributed by atoms with van der Waals surface area (Å²) in [6, 6.07) is 24.4. The molecule has 0 radical (unpaired) electrons. The van der Waals surface area contributed by atoms with Crippen molar-refractivity contribution >= 4 is 29.3 Å². The number of benzene rings is 3. The monoisotopic (exact) mass is 402 g/mol. The van der Waals surface area contributed by atoms with E-state index < -0.39 is 0 Å². The second-order valence-corrected chi connectivity index (χ2v) is 7.74. The Balaban J connectivity index is 1.31. The van der Waals surface area contributed by atoms with E-state index in [2.05, 4.69) is 22.8 Å². The van der Waals surface area contributed by atoms with E-state index in [1.54, 1.807) is 6.08 Å². The smallest absolute Gasteiger partial charge is 0.248 e. The van der Waals surface area contributed by atoms with Crippen LogP contribution >= 0.6 is 11.6 Å². The van der Waals surface area contributed by atoms with Crippen LogP contribution in [0.3, 0.4) is 0 Å². The van der Waals surface area contributed by atoms with Crippen LogP contribution in [0.4, 0.5) is 5.69 Å². The van der Waals surface area contributed by atoms with Crippen LogP contribution in [0, 0.1) is 0 Å². The molecule has 3 aromatic carbocycles. The predicted molar refractivity (Wildman–Crippen MR) is 121 cm³/mol. The summed E-state index contributed by atoms with van der Waals surface area (Å²) in [7, 11) is 0. The van der Waals surface area contributed by atoms with E-state index >= 15 is 0 Å². The minimum Gasteiger partial charge on any atom is -0.323 e. The van der Waals surface area contributed by atoms with E-state index in [0.717, 1.165) is 28.9 Å². The lowest BCUT2D eigenvalue weighted by molar-refractivity contribution is -0.111. The van der Waals surface area contributed by atoms with Crippen LogP contribution in [0.25, 0.3) is 17.2 Å². The topological polar surface area (TPSA) is 41.1 Å². The molecule has 0 aliphatic heterocycles. The SMILES string of the molecule is O=C(C=Cc1ccc(CNC2CC2)cc1)Nc1ccc(-c2ccc(Cl)cc2)cc1. The van der Waals surface area contributed by atoms with Crippen LogP contribution in [0.2, 0.25) is 5.02 Å². The third-order valence-electron chi connectivity index (χ3n) is 4.91. The van der Waals surface area contributed by atoms with Gasteiger partial charge in [-0.2, -0.15) is 0 Å². The van der Waals surface area contributed by atoms with Crippen LogP contribution in [-0.2, 0) is 11.3 Å². The fraction of sp³-hybridized carbons (Fsp3) is 0.160. The summed E-state index contributed by atoms with van der Waals surface area (Å²) in [5.74, 6) is -0.149. The van der Waals surface area contributed by atoms with Crippen LogP contribution in [-0.4, -0.2) is 11.9 Å². The predicted octanol–water partition coefficient (Wildman–Crippen LogP) is 5.91. The highest BCUT2D eigenvalue weighted by Gasteiger charge is 2.19. The average molecular weight is 403 g/mol. The molecule has 3 nitrogen and oxygen atoms in total. The summed E-state index contributed by atoms with van der Waals surface area (Å²) in [5, 5.41) is 7.11. The van der Waals surface area contributed by atoms with Gasteiger partial charge in [0.15, 0.2) is 0 Å². The van der Waals surface area contributed by atoms with E-state index in [0.29, 0.717) is 11.1 Å². The Morgan fingerprint density at radius 3 is 2.14 bits per heavy atom. The van der Waals surface area contributed by atoms with Gasteiger partial charge >= 0.3 is 0 Å². The van der Waals surface area contributed by atoms with Crippen molar-refractivity contribution in [3.8, 4) is 11.1 Å². The maximum atomic E-state index is 12.2. The third-order valence-corrected chi connectivity index (χ3v) is 5.16. The van der Waals surface area contributed by atoms with Crippen molar-refractivity contribution in [1.29, 1.82) is 0 Å². The number of nitrogens with one attached hydrogen (secondary N) is 2. The van der Waals surface area contributed by atoms with Gasteiger partial charge in [-0.25, -0.2) is 0 Å². The fourth-order valence-electron chi connectivity index (χ4n) is 3.04. The summed E-state index contributed by atoms with van der Waals surface area (Å²) >= 11 is 5.93. The molecule has 1 aliphatic carbocycles. The second-order valence-electron chi connectivity index (χ2n) is 7.30. The Hall–Kier alpha value is -2.88. The molecule has 4 rings (SSSR count). The minimum absolute atomic E-state index is 0.149. The molecule has 146 valence electrons. The first-order chi connectivity index (χ1) is 14.2. The lowest BCUT2D eigenvalue weighted by Crippen LogP contribution is -2.15. The van der Waals surface area contributed by atoms with E-state index in [1.165, 1.54) is 18.4 Å². The summed E-state index contributed by atoms with van der Waals surface area (Å²) in [4.78, 5) is 12.2. The Labute approximate surface area is 176 Å². The van der Waals surface area contributed by atoms with Crippen molar-refractivity contribution in [2.24, 2.45) is 0 Å². The number of anilines is 1. The quantitative estimate of drug-likeness (QED) is 0.482. The van der Waals surface area contributed by atoms with Crippen molar-refractivity contribution in [2.45, 2.75) is 25.4 Å². The normalized spacial score (nSPS) is 13.6. The number of carbonyl (C=O) groups is 1. The molecule has 29 heavy (non-hydrogen) atoms. The van der Waals surface area contributed by atoms with Crippen molar-refractivity contribution in [2.75, 3.05) is 5.32 Å². The zero-order valence-electron chi connectivity index (χ0n) is 16.1. The first-order valence-electron chi connectivity index (χ1n) is 9.83. The molecular formula is C25H23ClN2O. The third kappa shape index (κ3) is 5.80. The molecule has 1 saturated carbocycles. The van der Waals surface area contributed by atoms with Gasteiger partial charge < -0.3 is 10.6 Å². The Morgan fingerprint density at radius 2 is 1.52 bits per heavy atom. The van der Waals surface area contributed by atoms with Crippen molar-refractivity contribution in [3.05, 3.63) is 95.0 Å². The lowest BCUT2D eigenvalue weighted by atomic mass is 10.1.